The van der Waals surface area contributed by atoms with Gasteiger partial charge >= 0.3 is 0 Å². The van der Waals surface area contributed by atoms with E-state index in [1.807, 2.05) is 19.1 Å². The summed E-state index contributed by atoms with van der Waals surface area (Å²) >= 11 is 5.87. The van der Waals surface area contributed by atoms with E-state index in [9.17, 15) is 4.39 Å². The van der Waals surface area contributed by atoms with Crippen LogP contribution < -0.4 is 4.74 Å². The van der Waals surface area contributed by atoms with Gasteiger partial charge in [0.15, 0.2) is 0 Å². The molecule has 0 aliphatic heterocycles. The molecule has 5 heteroatoms. The van der Waals surface area contributed by atoms with Crippen LogP contribution in [0.4, 0.5) is 4.39 Å². The van der Waals surface area contributed by atoms with Crippen molar-refractivity contribution in [2.45, 2.75) is 6.92 Å². The third kappa shape index (κ3) is 2.54. The number of hydrogen-bond acceptors (Lipinski definition) is 3. The van der Waals surface area contributed by atoms with Gasteiger partial charge in [0.25, 0.3) is 0 Å². The first-order valence-electron chi connectivity index (χ1n) is 6.35. The lowest BCUT2D eigenvalue weighted by Gasteiger charge is -2.09. The molecule has 3 rings (SSSR count). The van der Waals surface area contributed by atoms with Gasteiger partial charge < -0.3 is 4.74 Å². The molecular weight excluding hydrogens is 291 g/mol. The molecule has 3 nitrogen and oxygen atoms in total. The second-order valence-corrected chi connectivity index (χ2v) is 5.13. The predicted octanol–water partition coefficient (Wildman–Crippen LogP) is 4.41. The standard InChI is InChI=1S/C16H12ClFN2O/c1-9-5-11(10-3-4-13(18)12(17)7-10)16-14(6-9)20-15(21-2)8-19-16/h3-8H,1-2H3. The second kappa shape index (κ2) is 5.30. The summed E-state index contributed by atoms with van der Waals surface area (Å²) in [5.41, 5.74) is 4.14. The first-order valence-corrected chi connectivity index (χ1v) is 6.73. The van der Waals surface area contributed by atoms with Gasteiger partial charge in [0.1, 0.15) is 5.82 Å². The minimum Gasteiger partial charge on any atom is -0.480 e. The molecule has 0 aliphatic rings. The SMILES string of the molecule is COc1cnc2c(-c3ccc(F)c(Cl)c3)cc(C)cc2n1. The van der Waals surface area contributed by atoms with Crippen LogP contribution in [0.1, 0.15) is 5.56 Å². The summed E-state index contributed by atoms with van der Waals surface area (Å²) < 4.78 is 18.4. The van der Waals surface area contributed by atoms with Gasteiger partial charge in [0, 0.05) is 5.56 Å². The van der Waals surface area contributed by atoms with Gasteiger partial charge in [-0.25, -0.2) is 14.4 Å². The van der Waals surface area contributed by atoms with Crippen molar-refractivity contribution in [2.24, 2.45) is 0 Å². The van der Waals surface area contributed by atoms with Crippen molar-refractivity contribution < 1.29 is 9.13 Å². The van der Waals surface area contributed by atoms with Gasteiger partial charge in [-0.3, -0.25) is 0 Å². The maximum absolute atomic E-state index is 13.3. The van der Waals surface area contributed by atoms with Crippen molar-refractivity contribution in [3.8, 4) is 17.0 Å². The number of halogens is 2. The minimum absolute atomic E-state index is 0.0867. The normalized spacial score (nSPS) is 10.9. The molecule has 0 amide bonds. The van der Waals surface area contributed by atoms with Crippen LogP contribution in [-0.2, 0) is 0 Å². The van der Waals surface area contributed by atoms with Crippen LogP contribution in [0.3, 0.4) is 0 Å². The second-order valence-electron chi connectivity index (χ2n) is 4.72. The van der Waals surface area contributed by atoms with Gasteiger partial charge in [0.05, 0.1) is 29.4 Å². The molecule has 2 aromatic carbocycles. The molecule has 3 aromatic rings. The minimum atomic E-state index is -0.440. The molecule has 0 unspecified atom stereocenters. The number of methoxy groups -OCH3 is 1. The van der Waals surface area contributed by atoms with Gasteiger partial charge in [-0.05, 0) is 42.3 Å². The number of nitrogens with zero attached hydrogens (tertiary/aromatic N) is 2. The smallest absolute Gasteiger partial charge is 0.232 e. The molecule has 0 saturated heterocycles. The Bertz CT molecular complexity index is 836. The molecule has 0 fully saturated rings. The summed E-state index contributed by atoms with van der Waals surface area (Å²) in [5.74, 6) is 0.0151. The Morgan fingerprint density at radius 2 is 2.00 bits per heavy atom. The fraction of sp³-hybridized carbons (Fsp3) is 0.125. The molecular formula is C16H12ClFN2O. The van der Waals surface area contributed by atoms with Crippen LogP contribution in [-0.4, -0.2) is 17.1 Å². The van der Waals surface area contributed by atoms with Crippen molar-refractivity contribution in [2.75, 3.05) is 7.11 Å². The molecule has 0 bridgehead atoms. The Morgan fingerprint density at radius 1 is 1.19 bits per heavy atom. The zero-order valence-electron chi connectivity index (χ0n) is 11.5. The van der Waals surface area contributed by atoms with E-state index in [0.717, 1.165) is 27.7 Å². The van der Waals surface area contributed by atoms with Crippen molar-refractivity contribution in [3.63, 3.8) is 0 Å². The molecule has 0 aliphatic carbocycles. The van der Waals surface area contributed by atoms with Gasteiger partial charge in [-0.1, -0.05) is 17.7 Å². The van der Waals surface area contributed by atoms with Gasteiger partial charge in [-0.15, -0.1) is 0 Å². The first-order chi connectivity index (χ1) is 10.1. The number of hydrogen-bond donors (Lipinski definition) is 0. The Labute approximate surface area is 126 Å². The molecule has 1 heterocycles. The van der Waals surface area contributed by atoms with Crippen LogP contribution in [0.2, 0.25) is 5.02 Å². The van der Waals surface area contributed by atoms with Crippen LogP contribution in [0.15, 0.2) is 36.5 Å². The summed E-state index contributed by atoms with van der Waals surface area (Å²) in [6.07, 6.45) is 1.56. The van der Waals surface area contributed by atoms with Crippen LogP contribution >= 0.6 is 11.6 Å². The summed E-state index contributed by atoms with van der Waals surface area (Å²) in [4.78, 5) is 8.79. The third-order valence-corrected chi connectivity index (χ3v) is 3.50. The number of rotatable bonds is 2. The largest absolute Gasteiger partial charge is 0.480 e. The van der Waals surface area contributed by atoms with Gasteiger partial charge in [0.2, 0.25) is 5.88 Å². The van der Waals surface area contributed by atoms with Crippen molar-refractivity contribution in [1.82, 2.24) is 9.97 Å². The van der Waals surface area contributed by atoms with E-state index in [1.54, 1.807) is 25.4 Å². The highest BCUT2D eigenvalue weighted by atomic mass is 35.5. The van der Waals surface area contributed by atoms with Crippen molar-refractivity contribution in [1.29, 1.82) is 0 Å². The Balaban J connectivity index is 2.28. The van der Waals surface area contributed by atoms with Crippen LogP contribution in [0.25, 0.3) is 22.2 Å². The molecule has 0 saturated carbocycles. The average Bonchev–Trinajstić information content (AvgIpc) is 2.48. The number of aromatic nitrogens is 2. The van der Waals surface area contributed by atoms with Crippen molar-refractivity contribution in [3.05, 3.63) is 52.9 Å². The maximum atomic E-state index is 13.3. The fourth-order valence-electron chi connectivity index (χ4n) is 2.23. The number of ether oxygens (including phenoxy) is 1. The zero-order valence-corrected chi connectivity index (χ0v) is 12.3. The molecule has 21 heavy (non-hydrogen) atoms. The topological polar surface area (TPSA) is 35.0 Å². The molecule has 0 radical (unpaired) electrons. The van der Waals surface area contributed by atoms with Crippen molar-refractivity contribution >= 4 is 22.6 Å². The number of fused-ring (bicyclic) bond motifs is 1. The summed E-state index contributed by atoms with van der Waals surface area (Å²) in [5, 5.41) is 0.0867. The Hall–Kier alpha value is -2.20. The average molecular weight is 303 g/mol. The summed E-state index contributed by atoms with van der Waals surface area (Å²) in [6, 6.07) is 8.54. The quantitative estimate of drug-likeness (QED) is 0.703. The molecule has 0 spiro atoms. The Kier molecular flexibility index (Phi) is 3.47. The van der Waals surface area contributed by atoms with E-state index >= 15 is 0 Å². The van der Waals surface area contributed by atoms with E-state index < -0.39 is 5.82 Å². The number of aryl methyl sites for hydroxylation is 1. The Morgan fingerprint density at radius 3 is 2.71 bits per heavy atom. The van der Waals surface area contributed by atoms with E-state index in [1.165, 1.54) is 6.07 Å². The van der Waals surface area contributed by atoms with E-state index in [0.29, 0.717) is 5.88 Å². The molecule has 1 aromatic heterocycles. The van der Waals surface area contributed by atoms with Gasteiger partial charge in [-0.2, -0.15) is 0 Å². The molecule has 0 N–H and O–H groups in total. The fourth-order valence-corrected chi connectivity index (χ4v) is 2.41. The lowest BCUT2D eigenvalue weighted by molar-refractivity contribution is 0.397. The van der Waals surface area contributed by atoms with E-state index in [4.69, 9.17) is 16.3 Å². The first kappa shape index (κ1) is 13.8. The summed E-state index contributed by atoms with van der Waals surface area (Å²) in [6.45, 7) is 1.97. The maximum Gasteiger partial charge on any atom is 0.232 e. The molecule has 0 atom stereocenters. The third-order valence-electron chi connectivity index (χ3n) is 3.21. The predicted molar refractivity (Wildman–Crippen MR) is 81.2 cm³/mol. The highest BCUT2D eigenvalue weighted by molar-refractivity contribution is 6.31. The lowest BCUT2D eigenvalue weighted by atomic mass is 10.0. The lowest BCUT2D eigenvalue weighted by Crippen LogP contribution is -1.93. The molecule has 106 valence electrons. The zero-order chi connectivity index (χ0) is 15.0. The van der Waals surface area contributed by atoms with Crippen LogP contribution in [0, 0.1) is 12.7 Å². The van der Waals surface area contributed by atoms with Crippen LogP contribution in [0.5, 0.6) is 5.88 Å². The number of benzene rings is 2. The van der Waals surface area contributed by atoms with E-state index in [2.05, 4.69) is 9.97 Å². The highest BCUT2D eigenvalue weighted by Gasteiger charge is 2.10. The summed E-state index contributed by atoms with van der Waals surface area (Å²) in [7, 11) is 1.55. The highest BCUT2D eigenvalue weighted by Crippen LogP contribution is 2.31. The van der Waals surface area contributed by atoms with E-state index in [-0.39, 0.29) is 5.02 Å². The monoisotopic (exact) mass is 302 g/mol.